The summed E-state index contributed by atoms with van der Waals surface area (Å²) in [6.45, 7) is 3.90. The molecule has 6 nitrogen and oxygen atoms in total. The van der Waals surface area contributed by atoms with Crippen LogP contribution in [0.15, 0.2) is 35.5 Å². The number of aryl methyl sites for hydroxylation is 3. The maximum atomic E-state index is 12.7. The summed E-state index contributed by atoms with van der Waals surface area (Å²) in [6, 6.07) is 5.12. The minimum Gasteiger partial charge on any atom is -0.261 e. The monoisotopic (exact) mass is 356 g/mol. The Balaban J connectivity index is 1.58. The molecule has 2 heterocycles. The van der Waals surface area contributed by atoms with Gasteiger partial charge in [-0.1, -0.05) is 6.07 Å². The standard InChI is InChI=1S/C18H20N4O2S/c1-11-3-5-15(7-12(11)2)25(23,24)22-14-4-6-16-13(8-14)9-19-18-17(16)10-20-21-18/h3,5,7,9-10,14,22H,4,6,8H2,1-2H3,(H,19,20,21). The number of H-pyrrole nitrogens is 1. The van der Waals surface area contributed by atoms with Gasteiger partial charge in [0.1, 0.15) is 0 Å². The first-order valence-electron chi connectivity index (χ1n) is 8.33. The van der Waals surface area contributed by atoms with Gasteiger partial charge in [-0.3, -0.25) is 5.10 Å². The van der Waals surface area contributed by atoms with E-state index in [9.17, 15) is 8.42 Å². The van der Waals surface area contributed by atoms with Gasteiger partial charge in [-0.05, 0) is 67.5 Å². The summed E-state index contributed by atoms with van der Waals surface area (Å²) in [5.41, 5.74) is 5.16. The Morgan fingerprint density at radius 1 is 1.20 bits per heavy atom. The van der Waals surface area contributed by atoms with Gasteiger partial charge in [0.05, 0.1) is 11.1 Å². The predicted octanol–water partition coefficient (Wildman–Crippen LogP) is 2.41. The first-order chi connectivity index (χ1) is 11.9. The third kappa shape index (κ3) is 2.94. The van der Waals surface area contributed by atoms with E-state index in [2.05, 4.69) is 19.9 Å². The van der Waals surface area contributed by atoms with Crippen LogP contribution in [-0.2, 0) is 22.9 Å². The van der Waals surface area contributed by atoms with Crippen molar-refractivity contribution in [2.75, 3.05) is 0 Å². The molecule has 130 valence electrons. The summed E-state index contributed by atoms with van der Waals surface area (Å²) in [7, 11) is -3.52. The second-order valence-corrected chi connectivity index (χ2v) is 8.42. The molecule has 4 rings (SSSR count). The Labute approximate surface area is 146 Å². The molecule has 1 aliphatic rings. The Kier molecular flexibility index (Phi) is 3.85. The minimum atomic E-state index is -3.52. The lowest BCUT2D eigenvalue weighted by molar-refractivity contribution is 0.508. The fourth-order valence-corrected chi connectivity index (χ4v) is 4.77. The SMILES string of the molecule is Cc1ccc(S(=O)(=O)NC2CCc3c(cnc4[nH]ncc34)C2)cc1C. The summed E-state index contributed by atoms with van der Waals surface area (Å²) < 4.78 is 28.3. The van der Waals surface area contributed by atoms with Crippen molar-refractivity contribution in [3.05, 3.63) is 52.8 Å². The van der Waals surface area contributed by atoms with Crippen molar-refractivity contribution in [2.45, 2.75) is 44.0 Å². The number of hydrogen-bond acceptors (Lipinski definition) is 4. The van der Waals surface area contributed by atoms with Crippen LogP contribution in [-0.4, -0.2) is 29.6 Å². The van der Waals surface area contributed by atoms with Crippen LogP contribution in [0.5, 0.6) is 0 Å². The third-order valence-corrected chi connectivity index (χ3v) is 6.52. The lowest BCUT2D eigenvalue weighted by Crippen LogP contribution is -2.38. The Morgan fingerprint density at radius 2 is 2.04 bits per heavy atom. The Hall–Kier alpha value is -2.25. The van der Waals surface area contributed by atoms with Gasteiger partial charge >= 0.3 is 0 Å². The number of nitrogens with one attached hydrogen (secondary N) is 2. The summed E-state index contributed by atoms with van der Waals surface area (Å²) in [4.78, 5) is 4.69. The average molecular weight is 356 g/mol. The molecular weight excluding hydrogens is 336 g/mol. The molecular formula is C18H20N4O2S. The third-order valence-electron chi connectivity index (χ3n) is 5.00. The van der Waals surface area contributed by atoms with Crippen LogP contribution in [0.3, 0.4) is 0 Å². The van der Waals surface area contributed by atoms with E-state index in [0.717, 1.165) is 40.6 Å². The van der Waals surface area contributed by atoms with E-state index in [1.54, 1.807) is 18.3 Å². The molecule has 1 aliphatic carbocycles. The molecule has 0 bridgehead atoms. The van der Waals surface area contributed by atoms with Crippen LogP contribution in [0.2, 0.25) is 0 Å². The van der Waals surface area contributed by atoms with Gasteiger partial charge in [0.25, 0.3) is 0 Å². The van der Waals surface area contributed by atoms with E-state index in [1.165, 1.54) is 5.56 Å². The van der Waals surface area contributed by atoms with Gasteiger partial charge in [0, 0.05) is 17.6 Å². The number of hydrogen-bond donors (Lipinski definition) is 2. The maximum Gasteiger partial charge on any atom is 0.240 e. The first kappa shape index (κ1) is 16.2. The number of benzene rings is 1. The second kappa shape index (κ2) is 5.93. The Morgan fingerprint density at radius 3 is 2.84 bits per heavy atom. The van der Waals surface area contributed by atoms with E-state index in [-0.39, 0.29) is 6.04 Å². The summed E-state index contributed by atoms with van der Waals surface area (Å²) in [6.07, 6.45) is 5.84. The molecule has 7 heteroatoms. The highest BCUT2D eigenvalue weighted by molar-refractivity contribution is 7.89. The number of sulfonamides is 1. The van der Waals surface area contributed by atoms with Gasteiger partial charge in [-0.2, -0.15) is 5.10 Å². The topological polar surface area (TPSA) is 87.7 Å². The fourth-order valence-electron chi connectivity index (χ4n) is 3.42. The molecule has 0 saturated carbocycles. The number of fused-ring (bicyclic) bond motifs is 3. The zero-order valence-electron chi connectivity index (χ0n) is 14.2. The molecule has 1 aromatic carbocycles. The molecule has 2 aromatic heterocycles. The fraction of sp³-hybridized carbons (Fsp3) is 0.333. The second-order valence-electron chi connectivity index (χ2n) is 6.70. The number of aromatic nitrogens is 3. The molecule has 0 saturated heterocycles. The molecule has 0 amide bonds. The normalized spacial score (nSPS) is 17.6. The first-order valence-corrected chi connectivity index (χ1v) is 9.82. The van der Waals surface area contributed by atoms with Gasteiger partial charge in [0.15, 0.2) is 5.65 Å². The van der Waals surface area contributed by atoms with Gasteiger partial charge in [0.2, 0.25) is 10.0 Å². The maximum absolute atomic E-state index is 12.7. The lowest BCUT2D eigenvalue weighted by Gasteiger charge is -2.25. The van der Waals surface area contributed by atoms with Crippen molar-refractivity contribution >= 4 is 21.1 Å². The van der Waals surface area contributed by atoms with Crippen molar-refractivity contribution < 1.29 is 8.42 Å². The van der Waals surface area contributed by atoms with Gasteiger partial charge in [-0.25, -0.2) is 18.1 Å². The van der Waals surface area contributed by atoms with Crippen LogP contribution in [0.1, 0.15) is 28.7 Å². The smallest absolute Gasteiger partial charge is 0.240 e. The van der Waals surface area contributed by atoms with Crippen LogP contribution >= 0.6 is 0 Å². The van der Waals surface area contributed by atoms with E-state index in [4.69, 9.17) is 0 Å². The number of nitrogens with zero attached hydrogens (tertiary/aromatic N) is 2. The molecule has 1 unspecified atom stereocenters. The molecule has 0 aliphatic heterocycles. The quantitative estimate of drug-likeness (QED) is 0.754. The van der Waals surface area contributed by atoms with Crippen LogP contribution in [0.4, 0.5) is 0 Å². The van der Waals surface area contributed by atoms with Crippen molar-refractivity contribution in [2.24, 2.45) is 0 Å². The lowest BCUT2D eigenvalue weighted by atomic mass is 9.88. The Bertz CT molecular complexity index is 1060. The molecule has 0 spiro atoms. The van der Waals surface area contributed by atoms with Crippen LogP contribution < -0.4 is 4.72 Å². The number of rotatable bonds is 3. The summed E-state index contributed by atoms with van der Waals surface area (Å²) in [5.74, 6) is 0. The van der Waals surface area contributed by atoms with Crippen molar-refractivity contribution in [1.29, 1.82) is 0 Å². The zero-order chi connectivity index (χ0) is 17.6. The van der Waals surface area contributed by atoms with Crippen molar-refractivity contribution in [1.82, 2.24) is 19.9 Å². The highest BCUT2D eigenvalue weighted by Gasteiger charge is 2.26. The largest absolute Gasteiger partial charge is 0.261 e. The van der Waals surface area contributed by atoms with Crippen molar-refractivity contribution in [3.8, 4) is 0 Å². The average Bonchev–Trinajstić information content (AvgIpc) is 3.05. The van der Waals surface area contributed by atoms with E-state index in [1.807, 2.05) is 26.1 Å². The molecule has 2 N–H and O–H groups in total. The molecule has 25 heavy (non-hydrogen) atoms. The highest BCUT2D eigenvalue weighted by Crippen LogP contribution is 2.27. The summed E-state index contributed by atoms with van der Waals surface area (Å²) >= 11 is 0. The summed E-state index contributed by atoms with van der Waals surface area (Å²) in [5, 5.41) is 7.96. The molecule has 1 atom stereocenters. The van der Waals surface area contributed by atoms with E-state index < -0.39 is 10.0 Å². The molecule has 3 aromatic rings. The van der Waals surface area contributed by atoms with E-state index in [0.29, 0.717) is 11.3 Å². The highest BCUT2D eigenvalue weighted by atomic mass is 32.2. The van der Waals surface area contributed by atoms with Crippen LogP contribution in [0, 0.1) is 13.8 Å². The van der Waals surface area contributed by atoms with Crippen molar-refractivity contribution in [3.63, 3.8) is 0 Å². The van der Waals surface area contributed by atoms with E-state index >= 15 is 0 Å². The minimum absolute atomic E-state index is 0.120. The van der Waals surface area contributed by atoms with Gasteiger partial charge in [-0.15, -0.1) is 0 Å². The number of pyridine rings is 1. The molecule has 0 radical (unpaired) electrons. The van der Waals surface area contributed by atoms with Gasteiger partial charge < -0.3 is 0 Å². The molecule has 0 fully saturated rings. The zero-order valence-corrected chi connectivity index (χ0v) is 15.0. The predicted molar refractivity (Wildman–Crippen MR) is 95.9 cm³/mol. The number of aromatic amines is 1. The van der Waals surface area contributed by atoms with Crippen LogP contribution in [0.25, 0.3) is 11.0 Å².